The molecule has 100 valence electrons. The van der Waals surface area contributed by atoms with E-state index in [9.17, 15) is 0 Å². The van der Waals surface area contributed by atoms with Crippen LogP contribution in [-0.4, -0.2) is 43.7 Å². The van der Waals surface area contributed by atoms with Crippen LogP contribution in [0.4, 0.5) is 5.69 Å². The van der Waals surface area contributed by atoms with Gasteiger partial charge in [-0.05, 0) is 45.0 Å². The first-order valence-corrected chi connectivity index (χ1v) is 6.75. The number of hydrogen-bond donors (Lipinski definition) is 1. The van der Waals surface area contributed by atoms with Crippen molar-refractivity contribution in [3.05, 3.63) is 29.8 Å². The average molecular weight is 247 g/mol. The third-order valence-corrected chi connectivity index (χ3v) is 3.44. The fraction of sp³-hybridized carbons (Fsp3) is 0.600. The van der Waals surface area contributed by atoms with Gasteiger partial charge in [0, 0.05) is 37.4 Å². The zero-order chi connectivity index (χ0) is 13.2. The lowest BCUT2D eigenvalue weighted by molar-refractivity contribution is 0.313. The van der Waals surface area contributed by atoms with Gasteiger partial charge >= 0.3 is 0 Å². The van der Waals surface area contributed by atoms with Crippen LogP contribution in [0.2, 0.25) is 0 Å². The van der Waals surface area contributed by atoms with Gasteiger partial charge in [0.15, 0.2) is 0 Å². The molecule has 1 saturated heterocycles. The molecule has 3 nitrogen and oxygen atoms in total. The normalized spacial score (nSPS) is 18.1. The minimum atomic E-state index is -0.138. The summed E-state index contributed by atoms with van der Waals surface area (Å²) in [5.74, 6) is 0. The van der Waals surface area contributed by atoms with E-state index in [0.29, 0.717) is 0 Å². The highest BCUT2D eigenvalue weighted by molar-refractivity contribution is 5.49. The van der Waals surface area contributed by atoms with Gasteiger partial charge in [0.05, 0.1) is 0 Å². The Hall–Kier alpha value is -1.06. The maximum absolute atomic E-state index is 6.09. The molecule has 3 heteroatoms. The van der Waals surface area contributed by atoms with Crippen LogP contribution < -0.4 is 10.6 Å². The Labute approximate surface area is 111 Å². The number of nitrogens with zero attached hydrogens (tertiary/aromatic N) is 2. The fourth-order valence-corrected chi connectivity index (χ4v) is 2.45. The van der Waals surface area contributed by atoms with Gasteiger partial charge in [0.25, 0.3) is 0 Å². The Morgan fingerprint density at radius 2 is 1.83 bits per heavy atom. The lowest BCUT2D eigenvalue weighted by Crippen LogP contribution is -2.44. The van der Waals surface area contributed by atoms with E-state index < -0.39 is 0 Å². The van der Waals surface area contributed by atoms with Crippen molar-refractivity contribution in [2.45, 2.75) is 25.8 Å². The molecule has 0 aliphatic carbocycles. The molecule has 1 aliphatic heterocycles. The number of piperazine rings is 1. The van der Waals surface area contributed by atoms with E-state index in [-0.39, 0.29) is 5.54 Å². The average Bonchev–Trinajstić information content (AvgIpc) is 2.28. The summed E-state index contributed by atoms with van der Waals surface area (Å²) in [6, 6.07) is 8.82. The van der Waals surface area contributed by atoms with Crippen molar-refractivity contribution in [1.82, 2.24) is 4.90 Å². The monoisotopic (exact) mass is 247 g/mol. The smallest absolute Gasteiger partial charge is 0.0369 e. The summed E-state index contributed by atoms with van der Waals surface area (Å²) in [6.07, 6.45) is 0.925. The highest BCUT2D eigenvalue weighted by Gasteiger charge is 2.16. The van der Waals surface area contributed by atoms with Crippen LogP contribution in [-0.2, 0) is 6.42 Å². The molecule has 0 bridgehead atoms. The molecule has 0 spiro atoms. The second-order valence-electron chi connectivity index (χ2n) is 6.13. The van der Waals surface area contributed by atoms with Crippen LogP contribution in [0.1, 0.15) is 19.4 Å². The summed E-state index contributed by atoms with van der Waals surface area (Å²) < 4.78 is 0. The first-order chi connectivity index (χ1) is 8.44. The minimum Gasteiger partial charge on any atom is -0.369 e. The van der Waals surface area contributed by atoms with E-state index in [1.165, 1.54) is 11.3 Å². The van der Waals surface area contributed by atoms with Gasteiger partial charge in [-0.2, -0.15) is 0 Å². The van der Waals surface area contributed by atoms with Gasteiger partial charge in [-0.3, -0.25) is 0 Å². The van der Waals surface area contributed by atoms with Gasteiger partial charge in [-0.1, -0.05) is 12.1 Å². The Morgan fingerprint density at radius 1 is 1.17 bits per heavy atom. The molecule has 0 atom stereocenters. The molecule has 1 aromatic carbocycles. The maximum atomic E-state index is 6.09. The van der Waals surface area contributed by atoms with Crippen LogP contribution in [0.25, 0.3) is 0 Å². The fourth-order valence-electron chi connectivity index (χ4n) is 2.45. The van der Waals surface area contributed by atoms with Crippen molar-refractivity contribution in [3.8, 4) is 0 Å². The van der Waals surface area contributed by atoms with Crippen LogP contribution in [0.15, 0.2) is 24.3 Å². The van der Waals surface area contributed by atoms with E-state index >= 15 is 0 Å². The van der Waals surface area contributed by atoms with Crippen molar-refractivity contribution in [3.63, 3.8) is 0 Å². The minimum absolute atomic E-state index is 0.138. The molecule has 18 heavy (non-hydrogen) atoms. The summed E-state index contributed by atoms with van der Waals surface area (Å²) in [7, 11) is 2.19. The topological polar surface area (TPSA) is 32.5 Å². The summed E-state index contributed by atoms with van der Waals surface area (Å²) in [5, 5.41) is 0. The van der Waals surface area contributed by atoms with Crippen LogP contribution in [0.5, 0.6) is 0 Å². The van der Waals surface area contributed by atoms with E-state index in [4.69, 9.17) is 5.73 Å². The highest BCUT2D eigenvalue weighted by Crippen LogP contribution is 2.20. The zero-order valence-electron chi connectivity index (χ0n) is 11.8. The quantitative estimate of drug-likeness (QED) is 0.883. The Balaban J connectivity index is 2.07. The van der Waals surface area contributed by atoms with Crippen LogP contribution >= 0.6 is 0 Å². The molecule has 1 aromatic rings. The van der Waals surface area contributed by atoms with Crippen molar-refractivity contribution < 1.29 is 0 Å². The Kier molecular flexibility index (Phi) is 3.93. The number of hydrogen-bond acceptors (Lipinski definition) is 3. The second kappa shape index (κ2) is 5.29. The number of rotatable bonds is 3. The first kappa shape index (κ1) is 13.4. The number of benzene rings is 1. The van der Waals surface area contributed by atoms with Gasteiger partial charge < -0.3 is 15.5 Å². The SMILES string of the molecule is CN1CCN(c2cccc(CC(C)(C)N)c2)CC1. The van der Waals surface area contributed by atoms with Gasteiger partial charge in [0.2, 0.25) is 0 Å². The molecule has 0 amide bonds. The van der Waals surface area contributed by atoms with Crippen molar-refractivity contribution in [1.29, 1.82) is 0 Å². The van der Waals surface area contributed by atoms with Crippen LogP contribution in [0.3, 0.4) is 0 Å². The summed E-state index contributed by atoms with van der Waals surface area (Å²) in [4.78, 5) is 4.84. The largest absolute Gasteiger partial charge is 0.369 e. The molecule has 2 N–H and O–H groups in total. The zero-order valence-corrected chi connectivity index (χ0v) is 11.8. The lowest BCUT2D eigenvalue weighted by atomic mass is 9.96. The molecule has 2 rings (SSSR count). The first-order valence-electron chi connectivity index (χ1n) is 6.75. The molecule has 1 fully saturated rings. The van der Waals surface area contributed by atoms with Crippen molar-refractivity contribution in [2.75, 3.05) is 38.1 Å². The molecule has 0 unspecified atom stereocenters. The molecular weight excluding hydrogens is 222 g/mol. The van der Waals surface area contributed by atoms with E-state index in [0.717, 1.165) is 32.6 Å². The predicted molar refractivity (Wildman–Crippen MR) is 78.1 cm³/mol. The highest BCUT2D eigenvalue weighted by atomic mass is 15.2. The third kappa shape index (κ3) is 3.72. The number of anilines is 1. The molecular formula is C15H25N3. The maximum Gasteiger partial charge on any atom is 0.0369 e. The third-order valence-electron chi connectivity index (χ3n) is 3.44. The van der Waals surface area contributed by atoms with Gasteiger partial charge in [-0.25, -0.2) is 0 Å². The second-order valence-corrected chi connectivity index (χ2v) is 6.13. The molecule has 0 aromatic heterocycles. The van der Waals surface area contributed by atoms with Crippen molar-refractivity contribution in [2.24, 2.45) is 5.73 Å². The molecule has 1 heterocycles. The van der Waals surface area contributed by atoms with Gasteiger partial charge in [0.1, 0.15) is 0 Å². The van der Waals surface area contributed by atoms with Crippen LogP contribution in [0, 0.1) is 0 Å². The van der Waals surface area contributed by atoms with Crippen molar-refractivity contribution >= 4 is 5.69 Å². The Bertz CT molecular complexity index is 387. The molecule has 0 saturated carbocycles. The summed E-state index contributed by atoms with van der Waals surface area (Å²) >= 11 is 0. The predicted octanol–water partition coefficient (Wildman–Crippen LogP) is 1.72. The van der Waals surface area contributed by atoms with E-state index in [1.54, 1.807) is 0 Å². The summed E-state index contributed by atoms with van der Waals surface area (Å²) in [5.41, 5.74) is 8.63. The lowest BCUT2D eigenvalue weighted by Gasteiger charge is -2.34. The molecule has 0 radical (unpaired) electrons. The standard InChI is InChI=1S/C15H25N3/c1-15(2,16)12-13-5-4-6-14(11-13)18-9-7-17(3)8-10-18/h4-6,11H,7-10,12,16H2,1-3H3. The number of likely N-dealkylation sites (N-methyl/N-ethyl adjacent to an activating group) is 1. The number of nitrogens with two attached hydrogens (primary N) is 1. The van der Waals surface area contributed by atoms with Gasteiger partial charge in [-0.15, -0.1) is 0 Å². The molecule has 1 aliphatic rings. The Morgan fingerprint density at radius 3 is 2.44 bits per heavy atom. The summed E-state index contributed by atoms with van der Waals surface area (Å²) in [6.45, 7) is 8.68. The van der Waals surface area contributed by atoms with E-state index in [2.05, 4.69) is 55.0 Å². The van der Waals surface area contributed by atoms with E-state index in [1.807, 2.05) is 0 Å².